The summed E-state index contributed by atoms with van der Waals surface area (Å²) in [7, 11) is -2.12. The van der Waals surface area contributed by atoms with E-state index in [0.717, 1.165) is 0 Å². The molecule has 0 atom stereocenters. The lowest BCUT2D eigenvalue weighted by molar-refractivity contribution is 0.0696. The first kappa shape index (κ1) is 20.6. The van der Waals surface area contributed by atoms with Gasteiger partial charge in [0.25, 0.3) is 5.91 Å². The van der Waals surface area contributed by atoms with Crippen molar-refractivity contribution in [3.63, 3.8) is 0 Å². The van der Waals surface area contributed by atoms with Gasteiger partial charge in [0, 0.05) is 12.8 Å². The molecule has 0 aliphatic carbocycles. The Morgan fingerprint density at radius 1 is 1.15 bits per heavy atom. The number of carboxylic acid groups (broad SMARTS) is 1. The lowest BCUT2D eigenvalue weighted by Crippen LogP contribution is -2.18. The highest BCUT2D eigenvalue weighted by Gasteiger charge is 2.21. The van der Waals surface area contributed by atoms with Gasteiger partial charge in [-0.25, -0.2) is 13.2 Å². The zero-order valence-electron chi connectivity index (χ0n) is 15.1. The quantitative estimate of drug-likeness (QED) is 0.716. The van der Waals surface area contributed by atoms with Crippen molar-refractivity contribution in [3.8, 4) is 0 Å². The molecule has 0 aliphatic rings. The minimum Gasteiger partial charge on any atom is -0.478 e. The number of rotatable bonds is 8. The summed E-state index contributed by atoms with van der Waals surface area (Å²) in [4.78, 5) is 23.9. The molecule has 0 spiro atoms. The summed E-state index contributed by atoms with van der Waals surface area (Å²) in [5.41, 5.74) is 0.820. The van der Waals surface area contributed by atoms with Crippen LogP contribution in [0.25, 0.3) is 0 Å². The molecule has 2 aromatic rings. The molecule has 1 amide bonds. The highest BCUT2D eigenvalue weighted by molar-refractivity contribution is 7.91. The van der Waals surface area contributed by atoms with Crippen LogP contribution in [-0.4, -0.2) is 38.3 Å². The number of carbonyl (C=O) groups excluding carboxylic acids is 1. The van der Waals surface area contributed by atoms with Crippen LogP contribution in [0.4, 0.5) is 5.69 Å². The number of nitrogens with one attached hydrogen (secondary N) is 1. The Bertz CT molecular complexity index is 952. The van der Waals surface area contributed by atoms with Crippen LogP contribution in [0.5, 0.6) is 0 Å². The first-order valence-electron chi connectivity index (χ1n) is 8.27. The van der Waals surface area contributed by atoms with E-state index in [4.69, 9.17) is 4.74 Å². The van der Waals surface area contributed by atoms with Gasteiger partial charge in [0.1, 0.15) is 0 Å². The SMILES string of the molecule is CCCS(=O)(=O)c1ccccc1C(=O)Nc1cc(COC)cc(C(=O)O)c1. The van der Waals surface area contributed by atoms with Crippen LogP contribution >= 0.6 is 0 Å². The molecule has 0 radical (unpaired) electrons. The molecule has 8 heteroatoms. The predicted molar refractivity (Wildman–Crippen MR) is 101 cm³/mol. The van der Waals surface area contributed by atoms with Gasteiger partial charge in [-0.2, -0.15) is 0 Å². The number of carboxylic acids is 1. The number of carbonyl (C=O) groups is 2. The fourth-order valence-electron chi connectivity index (χ4n) is 2.64. The standard InChI is InChI=1S/C19H21NO6S/c1-3-8-27(24,25)17-7-5-4-6-16(17)18(21)20-15-10-13(12-26-2)9-14(11-15)19(22)23/h4-7,9-11H,3,8,12H2,1-2H3,(H,20,21)(H,22,23). The van der Waals surface area contributed by atoms with Gasteiger partial charge in [-0.3, -0.25) is 4.79 Å². The van der Waals surface area contributed by atoms with Crippen molar-refractivity contribution in [3.05, 3.63) is 59.2 Å². The van der Waals surface area contributed by atoms with E-state index in [-0.39, 0.29) is 34.1 Å². The van der Waals surface area contributed by atoms with Crippen LogP contribution in [0.15, 0.2) is 47.4 Å². The summed E-state index contributed by atoms with van der Waals surface area (Å²) in [6.07, 6.45) is 0.430. The Kier molecular flexibility index (Phi) is 6.70. The zero-order valence-corrected chi connectivity index (χ0v) is 15.9. The smallest absolute Gasteiger partial charge is 0.335 e. The lowest BCUT2D eigenvalue weighted by Gasteiger charge is -2.12. The van der Waals surface area contributed by atoms with E-state index in [9.17, 15) is 23.1 Å². The second-order valence-electron chi connectivity index (χ2n) is 5.93. The number of ether oxygens (including phenoxy) is 1. The third-order valence-electron chi connectivity index (χ3n) is 3.75. The number of hydrogen-bond acceptors (Lipinski definition) is 5. The third kappa shape index (κ3) is 5.15. The molecule has 7 nitrogen and oxygen atoms in total. The van der Waals surface area contributed by atoms with Crippen molar-refractivity contribution < 1.29 is 27.9 Å². The summed E-state index contributed by atoms with van der Waals surface area (Å²) in [5.74, 6) is -1.84. The third-order valence-corrected chi connectivity index (χ3v) is 5.72. The number of methoxy groups -OCH3 is 1. The van der Waals surface area contributed by atoms with Gasteiger partial charge in [0.2, 0.25) is 0 Å². The Labute approximate surface area is 157 Å². The second-order valence-corrected chi connectivity index (χ2v) is 8.00. The average Bonchev–Trinajstić information content (AvgIpc) is 2.61. The van der Waals surface area contributed by atoms with Gasteiger partial charge in [-0.05, 0) is 42.3 Å². The molecule has 0 saturated carbocycles. The van der Waals surface area contributed by atoms with E-state index >= 15 is 0 Å². The number of sulfone groups is 1. The molecule has 2 N–H and O–H groups in total. The van der Waals surface area contributed by atoms with Gasteiger partial charge in [0.05, 0.1) is 28.4 Å². The van der Waals surface area contributed by atoms with Crippen LogP contribution in [0.1, 0.15) is 39.6 Å². The molecule has 0 bridgehead atoms. The number of amides is 1. The Morgan fingerprint density at radius 2 is 1.85 bits per heavy atom. The van der Waals surface area contributed by atoms with Crippen molar-refractivity contribution >= 4 is 27.4 Å². The van der Waals surface area contributed by atoms with Gasteiger partial charge < -0.3 is 15.2 Å². The van der Waals surface area contributed by atoms with Crippen molar-refractivity contribution in [2.75, 3.05) is 18.2 Å². The largest absolute Gasteiger partial charge is 0.478 e. The molecule has 0 saturated heterocycles. The van der Waals surface area contributed by atoms with Gasteiger partial charge in [-0.1, -0.05) is 19.1 Å². The maximum Gasteiger partial charge on any atom is 0.335 e. The second kappa shape index (κ2) is 8.79. The zero-order chi connectivity index (χ0) is 20.0. The molecular formula is C19H21NO6S. The van der Waals surface area contributed by atoms with Crippen molar-refractivity contribution in [1.29, 1.82) is 0 Å². The van der Waals surface area contributed by atoms with Crippen LogP contribution in [0.2, 0.25) is 0 Å². The van der Waals surface area contributed by atoms with Gasteiger partial charge in [0.15, 0.2) is 9.84 Å². The maximum atomic E-state index is 12.7. The minimum atomic E-state index is -3.59. The number of aromatic carboxylic acids is 1. The molecule has 2 aromatic carbocycles. The highest BCUT2D eigenvalue weighted by atomic mass is 32.2. The maximum absolute atomic E-state index is 12.7. The van der Waals surface area contributed by atoms with E-state index in [0.29, 0.717) is 12.0 Å². The normalized spacial score (nSPS) is 11.2. The Hall–Kier alpha value is -2.71. The van der Waals surface area contributed by atoms with Gasteiger partial charge >= 0.3 is 5.97 Å². The first-order valence-corrected chi connectivity index (χ1v) is 9.93. The monoisotopic (exact) mass is 391 g/mol. The Morgan fingerprint density at radius 3 is 2.48 bits per heavy atom. The molecule has 0 unspecified atom stereocenters. The fourth-order valence-corrected chi connectivity index (χ4v) is 4.18. The minimum absolute atomic E-state index is 0.00765. The fraction of sp³-hybridized carbons (Fsp3) is 0.263. The molecule has 0 aromatic heterocycles. The van der Waals surface area contributed by atoms with Crippen LogP contribution in [-0.2, 0) is 21.2 Å². The molecule has 0 aliphatic heterocycles. The lowest BCUT2D eigenvalue weighted by atomic mass is 10.1. The molecule has 27 heavy (non-hydrogen) atoms. The van der Waals surface area contributed by atoms with Crippen molar-refractivity contribution in [2.24, 2.45) is 0 Å². The summed E-state index contributed by atoms with van der Waals surface area (Å²) in [6.45, 7) is 1.92. The topological polar surface area (TPSA) is 110 Å². The Balaban J connectivity index is 2.40. The average molecular weight is 391 g/mol. The van der Waals surface area contributed by atoms with Crippen LogP contribution in [0, 0.1) is 0 Å². The van der Waals surface area contributed by atoms with Crippen molar-refractivity contribution in [2.45, 2.75) is 24.8 Å². The van der Waals surface area contributed by atoms with Gasteiger partial charge in [-0.15, -0.1) is 0 Å². The van der Waals surface area contributed by atoms with E-state index in [1.165, 1.54) is 31.4 Å². The van der Waals surface area contributed by atoms with E-state index in [2.05, 4.69) is 5.32 Å². The number of benzene rings is 2. The summed E-state index contributed by atoms with van der Waals surface area (Å²) in [5, 5.41) is 11.8. The molecular weight excluding hydrogens is 370 g/mol. The molecule has 2 rings (SSSR count). The molecule has 144 valence electrons. The van der Waals surface area contributed by atoms with E-state index in [1.54, 1.807) is 25.1 Å². The van der Waals surface area contributed by atoms with E-state index < -0.39 is 21.7 Å². The first-order chi connectivity index (χ1) is 12.8. The van der Waals surface area contributed by atoms with Crippen molar-refractivity contribution in [1.82, 2.24) is 0 Å². The number of hydrogen-bond donors (Lipinski definition) is 2. The summed E-state index contributed by atoms with van der Waals surface area (Å²) in [6, 6.07) is 10.3. The van der Waals surface area contributed by atoms with E-state index in [1.807, 2.05) is 0 Å². The van der Waals surface area contributed by atoms with Crippen LogP contribution in [0.3, 0.4) is 0 Å². The summed E-state index contributed by atoms with van der Waals surface area (Å²) >= 11 is 0. The molecule has 0 fully saturated rings. The molecule has 0 heterocycles. The van der Waals surface area contributed by atoms with Crippen LogP contribution < -0.4 is 5.32 Å². The predicted octanol–water partition coefficient (Wildman–Crippen LogP) is 2.97. The summed E-state index contributed by atoms with van der Waals surface area (Å²) < 4.78 is 29.8. The number of anilines is 1. The highest BCUT2D eigenvalue weighted by Crippen LogP contribution is 2.21.